The van der Waals surface area contributed by atoms with Crippen molar-refractivity contribution in [3.05, 3.63) is 64.0 Å². The minimum Gasteiger partial charge on any atom is -0.457 e. The Bertz CT molecular complexity index is 644. The number of ether oxygens (including phenoxy) is 1. The van der Waals surface area contributed by atoms with E-state index in [-0.39, 0.29) is 11.8 Å². The number of hydrogen-bond donors (Lipinski definition) is 1. The Labute approximate surface area is 114 Å². The molecule has 104 valence electrons. The monoisotopic (exact) mass is 276 g/mol. The first-order valence-electron chi connectivity index (χ1n) is 5.95. The molecule has 0 saturated carbocycles. The van der Waals surface area contributed by atoms with E-state index in [1.807, 2.05) is 12.1 Å². The van der Waals surface area contributed by atoms with Crippen LogP contribution in [-0.2, 0) is 0 Å². The maximum atomic E-state index is 13.5. The van der Waals surface area contributed by atoms with Gasteiger partial charge in [-0.2, -0.15) is 4.39 Å². The fourth-order valence-corrected chi connectivity index (χ4v) is 1.78. The molecule has 0 aromatic heterocycles. The lowest BCUT2D eigenvalue weighted by Crippen LogP contribution is -2.06. The van der Waals surface area contributed by atoms with Gasteiger partial charge >= 0.3 is 5.69 Å². The highest BCUT2D eigenvalue weighted by atomic mass is 19.1. The van der Waals surface area contributed by atoms with Crippen LogP contribution in [0.4, 0.5) is 10.1 Å². The van der Waals surface area contributed by atoms with E-state index in [1.54, 1.807) is 19.1 Å². The minimum atomic E-state index is -0.939. The minimum absolute atomic E-state index is 0.182. The van der Waals surface area contributed by atoms with Crippen molar-refractivity contribution in [3.63, 3.8) is 0 Å². The Hall–Kier alpha value is -2.47. The Balaban J connectivity index is 2.31. The highest BCUT2D eigenvalue weighted by molar-refractivity contribution is 5.43. The van der Waals surface area contributed by atoms with Crippen LogP contribution in [0, 0.1) is 15.9 Å². The van der Waals surface area contributed by atoms with Gasteiger partial charge in [0.1, 0.15) is 11.5 Å². The van der Waals surface area contributed by atoms with Crippen molar-refractivity contribution in [2.24, 2.45) is 5.73 Å². The van der Waals surface area contributed by atoms with E-state index in [9.17, 15) is 14.5 Å². The molecular formula is C14H13FN2O3. The molecule has 5 nitrogen and oxygen atoms in total. The third-order valence-electron chi connectivity index (χ3n) is 2.75. The zero-order valence-electron chi connectivity index (χ0n) is 10.7. The Kier molecular flexibility index (Phi) is 3.95. The van der Waals surface area contributed by atoms with Gasteiger partial charge in [-0.3, -0.25) is 10.1 Å². The van der Waals surface area contributed by atoms with E-state index in [0.717, 1.165) is 17.7 Å². The quantitative estimate of drug-likeness (QED) is 0.684. The molecule has 0 spiro atoms. The van der Waals surface area contributed by atoms with Crippen LogP contribution in [0.3, 0.4) is 0 Å². The lowest BCUT2D eigenvalue weighted by Gasteiger charge is -2.13. The van der Waals surface area contributed by atoms with Gasteiger partial charge in [0.2, 0.25) is 5.82 Å². The van der Waals surface area contributed by atoms with Gasteiger partial charge in [0.15, 0.2) is 0 Å². The van der Waals surface area contributed by atoms with Gasteiger partial charge in [0, 0.05) is 23.7 Å². The largest absolute Gasteiger partial charge is 0.457 e. The van der Waals surface area contributed by atoms with Crippen molar-refractivity contribution < 1.29 is 14.1 Å². The molecule has 2 aromatic rings. The van der Waals surface area contributed by atoms with Crippen LogP contribution in [0.25, 0.3) is 0 Å². The number of hydrogen-bond acceptors (Lipinski definition) is 4. The van der Waals surface area contributed by atoms with Crippen LogP contribution in [0.15, 0.2) is 42.5 Å². The van der Waals surface area contributed by atoms with E-state index >= 15 is 0 Å². The maximum absolute atomic E-state index is 13.5. The first-order chi connectivity index (χ1) is 9.49. The number of nitrogens with two attached hydrogens (primary N) is 1. The second kappa shape index (κ2) is 5.66. The first kappa shape index (κ1) is 14.0. The molecule has 0 aliphatic rings. The summed E-state index contributed by atoms with van der Waals surface area (Å²) >= 11 is 0. The summed E-state index contributed by atoms with van der Waals surface area (Å²) in [4.78, 5) is 9.76. The number of nitrogens with zero attached hydrogens (tertiary/aromatic N) is 1. The molecule has 20 heavy (non-hydrogen) atoms. The first-order valence-corrected chi connectivity index (χ1v) is 5.95. The molecule has 1 atom stereocenters. The summed E-state index contributed by atoms with van der Waals surface area (Å²) in [6, 6.07) is 10.3. The summed E-state index contributed by atoms with van der Waals surface area (Å²) in [6.45, 7) is 1.80. The molecule has 2 rings (SSSR count). The summed E-state index contributed by atoms with van der Waals surface area (Å²) < 4.78 is 19.1. The maximum Gasteiger partial charge on any atom is 0.305 e. The average molecular weight is 276 g/mol. The van der Waals surface area contributed by atoms with Gasteiger partial charge < -0.3 is 10.5 Å². The third kappa shape index (κ3) is 2.92. The van der Waals surface area contributed by atoms with Crippen molar-refractivity contribution in [3.8, 4) is 11.5 Å². The molecule has 2 aromatic carbocycles. The molecule has 6 heteroatoms. The van der Waals surface area contributed by atoms with E-state index in [2.05, 4.69) is 0 Å². The summed E-state index contributed by atoms with van der Waals surface area (Å²) in [7, 11) is 0. The van der Waals surface area contributed by atoms with Crippen molar-refractivity contribution in [1.29, 1.82) is 0 Å². The van der Waals surface area contributed by atoms with Crippen LogP contribution >= 0.6 is 0 Å². The number of para-hydroxylation sites is 1. The zero-order valence-corrected chi connectivity index (χ0v) is 10.7. The molecule has 0 radical (unpaired) electrons. The second-order valence-electron chi connectivity index (χ2n) is 4.30. The van der Waals surface area contributed by atoms with Crippen molar-refractivity contribution >= 4 is 5.69 Å². The summed E-state index contributed by atoms with van der Waals surface area (Å²) in [5.74, 6) is -0.261. The highest BCUT2D eigenvalue weighted by Gasteiger charge is 2.15. The molecule has 2 N–H and O–H groups in total. The Morgan fingerprint density at radius 3 is 2.60 bits per heavy atom. The standard InChI is InChI=1S/C14H13FN2O3/c1-9(16)11-4-2-3-5-14(11)20-10-6-7-13(17(18)19)12(15)8-10/h2-9H,16H2,1H3/t9-/m0/s1. The van der Waals surface area contributed by atoms with Gasteiger partial charge in [-0.25, -0.2) is 0 Å². The number of nitro groups is 1. The number of nitro benzene ring substituents is 1. The molecule has 0 heterocycles. The average Bonchev–Trinajstić information content (AvgIpc) is 2.38. The van der Waals surface area contributed by atoms with Crippen LogP contribution in [-0.4, -0.2) is 4.92 Å². The van der Waals surface area contributed by atoms with Gasteiger partial charge in [0.05, 0.1) is 4.92 Å². The zero-order chi connectivity index (χ0) is 14.7. The number of rotatable bonds is 4. The van der Waals surface area contributed by atoms with E-state index in [0.29, 0.717) is 5.75 Å². The predicted molar refractivity (Wildman–Crippen MR) is 72.2 cm³/mol. The van der Waals surface area contributed by atoms with E-state index in [4.69, 9.17) is 10.5 Å². The van der Waals surface area contributed by atoms with Gasteiger partial charge in [-0.1, -0.05) is 18.2 Å². The molecule has 0 aliphatic heterocycles. The SMILES string of the molecule is C[C@H](N)c1ccccc1Oc1ccc([N+](=O)[O-])c(F)c1. The molecule has 0 saturated heterocycles. The fraction of sp³-hybridized carbons (Fsp3) is 0.143. The number of halogens is 1. The van der Waals surface area contributed by atoms with Gasteiger partial charge in [0.25, 0.3) is 0 Å². The molecule has 0 aliphatic carbocycles. The number of benzene rings is 2. The van der Waals surface area contributed by atoms with Crippen LogP contribution in [0.2, 0.25) is 0 Å². The van der Waals surface area contributed by atoms with Crippen LogP contribution < -0.4 is 10.5 Å². The third-order valence-corrected chi connectivity index (χ3v) is 2.75. The normalized spacial score (nSPS) is 11.9. The Morgan fingerprint density at radius 2 is 2.00 bits per heavy atom. The lowest BCUT2D eigenvalue weighted by molar-refractivity contribution is -0.387. The van der Waals surface area contributed by atoms with E-state index in [1.165, 1.54) is 6.07 Å². The molecule has 0 unspecified atom stereocenters. The summed E-state index contributed by atoms with van der Waals surface area (Å²) in [6.07, 6.45) is 0. The fourth-order valence-electron chi connectivity index (χ4n) is 1.78. The summed E-state index contributed by atoms with van der Waals surface area (Å²) in [5.41, 5.74) is 6.00. The molecule has 0 amide bonds. The van der Waals surface area contributed by atoms with Crippen molar-refractivity contribution in [1.82, 2.24) is 0 Å². The second-order valence-corrected chi connectivity index (χ2v) is 4.30. The molecule has 0 bridgehead atoms. The van der Waals surface area contributed by atoms with Crippen molar-refractivity contribution in [2.75, 3.05) is 0 Å². The van der Waals surface area contributed by atoms with Crippen molar-refractivity contribution in [2.45, 2.75) is 13.0 Å². The smallest absolute Gasteiger partial charge is 0.305 e. The molecule has 0 fully saturated rings. The van der Waals surface area contributed by atoms with Crippen LogP contribution in [0.5, 0.6) is 11.5 Å². The van der Waals surface area contributed by atoms with E-state index < -0.39 is 16.4 Å². The predicted octanol–water partition coefficient (Wildman–Crippen LogP) is 3.55. The van der Waals surface area contributed by atoms with Gasteiger partial charge in [-0.15, -0.1) is 0 Å². The lowest BCUT2D eigenvalue weighted by atomic mass is 10.1. The highest BCUT2D eigenvalue weighted by Crippen LogP contribution is 2.30. The molecular weight excluding hydrogens is 263 g/mol. The van der Waals surface area contributed by atoms with Gasteiger partial charge in [-0.05, 0) is 19.1 Å². The topological polar surface area (TPSA) is 78.4 Å². The summed E-state index contributed by atoms with van der Waals surface area (Å²) in [5, 5.41) is 10.5. The Morgan fingerprint density at radius 1 is 1.30 bits per heavy atom. The van der Waals surface area contributed by atoms with Crippen LogP contribution in [0.1, 0.15) is 18.5 Å².